The van der Waals surface area contributed by atoms with Crippen LogP contribution in [0.15, 0.2) is 28.7 Å². The van der Waals surface area contributed by atoms with E-state index in [4.69, 9.17) is 0 Å². The molecule has 1 N–H and O–H groups in total. The molecule has 0 saturated heterocycles. The quantitative estimate of drug-likeness (QED) is 0.883. The predicted octanol–water partition coefficient (Wildman–Crippen LogP) is 3.51. The number of benzene rings is 1. The monoisotopic (exact) mass is 281 g/mol. The van der Waals surface area contributed by atoms with E-state index in [2.05, 4.69) is 21.2 Å². The van der Waals surface area contributed by atoms with E-state index in [1.165, 1.54) is 19.3 Å². The van der Waals surface area contributed by atoms with Gasteiger partial charge in [0.25, 0.3) is 5.91 Å². The lowest BCUT2D eigenvalue weighted by Gasteiger charge is -2.22. The molecule has 0 radical (unpaired) electrons. The molecule has 0 atom stereocenters. The Morgan fingerprint density at radius 3 is 2.56 bits per heavy atom. The second-order valence-corrected chi connectivity index (χ2v) is 5.14. The van der Waals surface area contributed by atoms with Crippen molar-refractivity contribution in [2.75, 3.05) is 0 Å². The molecule has 0 bridgehead atoms. The Morgan fingerprint density at radius 1 is 1.19 bits per heavy atom. The molecule has 1 aliphatic rings. The molecule has 2 nitrogen and oxygen atoms in total. The molecule has 0 spiro atoms. The zero-order valence-corrected chi connectivity index (χ0v) is 10.8. The topological polar surface area (TPSA) is 29.1 Å². The van der Waals surface area contributed by atoms with Gasteiger partial charge < -0.3 is 5.32 Å². The summed E-state index contributed by atoms with van der Waals surface area (Å²) in [4.78, 5) is 12.0. The number of halogens is 1. The molecule has 1 aliphatic carbocycles. The second-order valence-electron chi connectivity index (χ2n) is 4.29. The Hall–Kier alpha value is -0.830. The Morgan fingerprint density at radius 2 is 1.88 bits per heavy atom. The van der Waals surface area contributed by atoms with Crippen LogP contribution in [0.1, 0.15) is 42.5 Å². The van der Waals surface area contributed by atoms with Gasteiger partial charge in [0, 0.05) is 10.5 Å². The first-order chi connectivity index (χ1) is 7.77. The van der Waals surface area contributed by atoms with Crippen molar-refractivity contribution in [3.8, 4) is 0 Å². The smallest absolute Gasteiger partial charge is 0.252 e. The van der Waals surface area contributed by atoms with Crippen molar-refractivity contribution in [1.82, 2.24) is 5.32 Å². The van der Waals surface area contributed by atoms with E-state index in [-0.39, 0.29) is 5.91 Å². The summed E-state index contributed by atoms with van der Waals surface area (Å²) in [6.07, 6.45) is 6.02. The fourth-order valence-electron chi connectivity index (χ4n) is 2.16. The van der Waals surface area contributed by atoms with Gasteiger partial charge in [-0.05, 0) is 40.9 Å². The molecule has 2 rings (SSSR count). The third kappa shape index (κ3) is 2.85. The number of carbonyl (C=O) groups is 1. The van der Waals surface area contributed by atoms with Crippen LogP contribution in [0.2, 0.25) is 0 Å². The summed E-state index contributed by atoms with van der Waals surface area (Å²) < 4.78 is 0.864. The first kappa shape index (κ1) is 11.6. The van der Waals surface area contributed by atoms with Crippen molar-refractivity contribution in [1.29, 1.82) is 0 Å². The summed E-state index contributed by atoms with van der Waals surface area (Å²) in [5.41, 5.74) is 0.730. The molecular weight excluding hydrogens is 266 g/mol. The van der Waals surface area contributed by atoms with Crippen LogP contribution in [-0.2, 0) is 0 Å². The van der Waals surface area contributed by atoms with E-state index >= 15 is 0 Å². The van der Waals surface area contributed by atoms with Gasteiger partial charge in [-0.15, -0.1) is 0 Å². The summed E-state index contributed by atoms with van der Waals surface area (Å²) in [6.45, 7) is 0. The minimum atomic E-state index is 0.0411. The number of rotatable bonds is 2. The van der Waals surface area contributed by atoms with Crippen LogP contribution in [-0.4, -0.2) is 11.9 Å². The van der Waals surface area contributed by atoms with E-state index in [9.17, 15) is 4.79 Å². The average molecular weight is 282 g/mol. The Bertz CT molecular complexity index is 372. The number of hydrogen-bond donors (Lipinski definition) is 1. The molecule has 1 aromatic carbocycles. The van der Waals surface area contributed by atoms with E-state index < -0.39 is 0 Å². The van der Waals surface area contributed by atoms with Crippen molar-refractivity contribution in [3.05, 3.63) is 34.3 Å². The maximum absolute atomic E-state index is 12.0. The molecule has 0 unspecified atom stereocenters. The molecule has 0 heterocycles. The largest absolute Gasteiger partial charge is 0.349 e. The first-order valence-corrected chi connectivity index (χ1v) is 6.62. The van der Waals surface area contributed by atoms with Crippen molar-refractivity contribution in [3.63, 3.8) is 0 Å². The third-order valence-corrected chi connectivity index (χ3v) is 3.75. The normalized spacial score (nSPS) is 17.1. The van der Waals surface area contributed by atoms with Crippen molar-refractivity contribution in [2.24, 2.45) is 0 Å². The van der Waals surface area contributed by atoms with Crippen LogP contribution in [0.5, 0.6) is 0 Å². The zero-order valence-electron chi connectivity index (χ0n) is 9.21. The molecule has 0 aliphatic heterocycles. The average Bonchev–Trinajstić information content (AvgIpc) is 2.31. The van der Waals surface area contributed by atoms with Gasteiger partial charge in [0.05, 0.1) is 5.56 Å². The lowest BCUT2D eigenvalue weighted by molar-refractivity contribution is 0.0927. The van der Waals surface area contributed by atoms with Gasteiger partial charge in [-0.1, -0.05) is 31.4 Å². The van der Waals surface area contributed by atoms with E-state index in [1.54, 1.807) is 0 Å². The maximum atomic E-state index is 12.0. The van der Waals surface area contributed by atoms with Crippen LogP contribution in [0, 0.1) is 0 Å². The second kappa shape index (κ2) is 5.48. The number of amides is 1. The van der Waals surface area contributed by atoms with Gasteiger partial charge in [0.2, 0.25) is 0 Å². The fraction of sp³-hybridized carbons (Fsp3) is 0.462. The van der Waals surface area contributed by atoms with Crippen LogP contribution >= 0.6 is 15.9 Å². The van der Waals surface area contributed by atoms with Gasteiger partial charge in [-0.25, -0.2) is 0 Å². The van der Waals surface area contributed by atoms with E-state index in [0.717, 1.165) is 22.9 Å². The zero-order chi connectivity index (χ0) is 11.4. The highest BCUT2D eigenvalue weighted by Crippen LogP contribution is 2.20. The minimum Gasteiger partial charge on any atom is -0.349 e. The molecule has 16 heavy (non-hydrogen) atoms. The molecule has 1 fully saturated rings. The van der Waals surface area contributed by atoms with Crippen molar-refractivity contribution in [2.45, 2.75) is 38.1 Å². The highest BCUT2D eigenvalue weighted by Gasteiger charge is 2.17. The van der Waals surface area contributed by atoms with Gasteiger partial charge in [-0.2, -0.15) is 0 Å². The van der Waals surface area contributed by atoms with Crippen molar-refractivity contribution >= 4 is 21.8 Å². The summed E-state index contributed by atoms with van der Waals surface area (Å²) in [5.74, 6) is 0.0411. The van der Waals surface area contributed by atoms with E-state index in [0.29, 0.717) is 6.04 Å². The molecule has 3 heteroatoms. The SMILES string of the molecule is O=C(NC1CCCCC1)c1ccccc1Br. The third-order valence-electron chi connectivity index (χ3n) is 3.06. The summed E-state index contributed by atoms with van der Waals surface area (Å²) in [7, 11) is 0. The van der Waals surface area contributed by atoms with Crippen LogP contribution < -0.4 is 5.32 Å². The molecule has 1 amide bonds. The lowest BCUT2D eigenvalue weighted by atomic mass is 9.95. The molecule has 1 saturated carbocycles. The predicted molar refractivity (Wildman–Crippen MR) is 68.5 cm³/mol. The highest BCUT2D eigenvalue weighted by molar-refractivity contribution is 9.10. The standard InChI is InChI=1S/C13H16BrNO/c14-12-9-5-4-8-11(12)13(16)15-10-6-2-1-3-7-10/h4-5,8-10H,1-3,6-7H2,(H,15,16). The van der Waals surface area contributed by atoms with Crippen LogP contribution in [0.4, 0.5) is 0 Å². The van der Waals surface area contributed by atoms with Gasteiger partial charge >= 0.3 is 0 Å². The number of nitrogens with one attached hydrogen (secondary N) is 1. The molecular formula is C13H16BrNO. The van der Waals surface area contributed by atoms with Crippen molar-refractivity contribution < 1.29 is 4.79 Å². The van der Waals surface area contributed by atoms with Gasteiger partial charge in [-0.3, -0.25) is 4.79 Å². The van der Waals surface area contributed by atoms with Gasteiger partial charge in [0.15, 0.2) is 0 Å². The highest BCUT2D eigenvalue weighted by atomic mass is 79.9. The minimum absolute atomic E-state index is 0.0411. The molecule has 0 aromatic heterocycles. The maximum Gasteiger partial charge on any atom is 0.252 e. The number of hydrogen-bond acceptors (Lipinski definition) is 1. The Balaban J connectivity index is 2.00. The fourth-order valence-corrected chi connectivity index (χ4v) is 2.62. The Kier molecular flexibility index (Phi) is 3.99. The first-order valence-electron chi connectivity index (χ1n) is 5.83. The summed E-state index contributed by atoms with van der Waals surface area (Å²) in [6, 6.07) is 7.92. The summed E-state index contributed by atoms with van der Waals surface area (Å²) in [5, 5.41) is 3.11. The summed E-state index contributed by atoms with van der Waals surface area (Å²) >= 11 is 3.40. The van der Waals surface area contributed by atoms with Gasteiger partial charge in [0.1, 0.15) is 0 Å². The molecule has 1 aromatic rings. The van der Waals surface area contributed by atoms with Crippen LogP contribution in [0.25, 0.3) is 0 Å². The van der Waals surface area contributed by atoms with E-state index in [1.807, 2.05) is 24.3 Å². The number of carbonyl (C=O) groups excluding carboxylic acids is 1. The lowest BCUT2D eigenvalue weighted by Crippen LogP contribution is -2.36. The Labute approximate surface area is 105 Å². The van der Waals surface area contributed by atoms with Crippen LogP contribution in [0.3, 0.4) is 0 Å². The molecule has 86 valence electrons.